The summed E-state index contributed by atoms with van der Waals surface area (Å²) in [5.41, 5.74) is -0.560. The van der Waals surface area contributed by atoms with E-state index in [4.69, 9.17) is 9.78 Å². The van der Waals surface area contributed by atoms with Gasteiger partial charge in [-0.05, 0) is 57.8 Å². The quantitative estimate of drug-likeness (QED) is 0.351. The van der Waals surface area contributed by atoms with Gasteiger partial charge in [0.05, 0.1) is 12.0 Å². The van der Waals surface area contributed by atoms with Crippen molar-refractivity contribution in [3.63, 3.8) is 0 Å². The molecule has 4 nitrogen and oxygen atoms in total. The molecule has 0 saturated heterocycles. The van der Waals surface area contributed by atoms with Crippen LogP contribution in [0.25, 0.3) is 0 Å². The van der Waals surface area contributed by atoms with Gasteiger partial charge in [-0.25, -0.2) is 4.79 Å². The fraction of sp³-hybridized carbons (Fsp3) is 0.950. The molecule has 0 amide bonds. The van der Waals surface area contributed by atoms with E-state index >= 15 is 0 Å². The molecule has 0 aliphatic rings. The second-order valence-corrected chi connectivity index (χ2v) is 10.00. The Hall–Kier alpha value is -0.610. The Morgan fingerprint density at radius 1 is 1.00 bits per heavy atom. The van der Waals surface area contributed by atoms with Crippen LogP contribution in [0.2, 0.25) is 0 Å². The van der Waals surface area contributed by atoms with E-state index in [1.54, 1.807) is 6.92 Å². The Balaban J connectivity index is 4.85. The van der Waals surface area contributed by atoms with Crippen LogP contribution in [0.15, 0.2) is 0 Å². The molecule has 0 aliphatic heterocycles. The van der Waals surface area contributed by atoms with Gasteiger partial charge in [-0.1, -0.05) is 47.5 Å². The summed E-state index contributed by atoms with van der Waals surface area (Å²) >= 11 is 0. The number of hydrogen-bond acceptors (Lipinski definition) is 4. The van der Waals surface area contributed by atoms with E-state index in [0.717, 1.165) is 25.7 Å². The maximum Gasteiger partial charge on any atom is 0.345 e. The summed E-state index contributed by atoms with van der Waals surface area (Å²) in [4.78, 5) is 22.9. The summed E-state index contributed by atoms with van der Waals surface area (Å²) in [6.45, 7) is 18.0. The summed E-state index contributed by atoms with van der Waals surface area (Å²) in [6, 6.07) is 0. The average molecular weight is 345 g/mol. The molecular weight excluding hydrogens is 304 g/mol. The lowest BCUT2D eigenvalue weighted by molar-refractivity contribution is -0.325. The molecule has 0 fully saturated rings. The Morgan fingerprint density at radius 2 is 1.54 bits per heavy atom. The minimum absolute atomic E-state index is 0.283. The third kappa shape index (κ3) is 11.0. The van der Waals surface area contributed by atoms with E-state index in [9.17, 15) is 9.90 Å². The second-order valence-electron chi connectivity index (χ2n) is 10.00. The van der Waals surface area contributed by atoms with Crippen molar-refractivity contribution in [2.45, 2.75) is 106 Å². The van der Waals surface area contributed by atoms with Crippen LogP contribution in [-0.2, 0) is 14.6 Å². The fourth-order valence-electron chi connectivity index (χ4n) is 2.96. The number of aliphatic hydroxyl groups is 1. The van der Waals surface area contributed by atoms with E-state index in [2.05, 4.69) is 20.8 Å². The van der Waals surface area contributed by atoms with Crippen LogP contribution in [0, 0.1) is 16.7 Å². The number of unbranched alkanes of at least 4 members (excludes halogenated alkanes) is 1. The van der Waals surface area contributed by atoms with Crippen molar-refractivity contribution in [1.82, 2.24) is 0 Å². The van der Waals surface area contributed by atoms with Gasteiger partial charge in [0, 0.05) is 0 Å². The molecule has 0 aromatic rings. The number of carbonyl (C=O) groups excluding carboxylic acids is 1. The van der Waals surface area contributed by atoms with Crippen LogP contribution in [0.4, 0.5) is 0 Å². The van der Waals surface area contributed by atoms with Crippen LogP contribution in [0.1, 0.15) is 94.4 Å². The maximum absolute atomic E-state index is 12.6. The molecule has 144 valence electrons. The summed E-state index contributed by atoms with van der Waals surface area (Å²) in [7, 11) is 0. The summed E-state index contributed by atoms with van der Waals surface area (Å²) in [6.07, 6.45) is 4.04. The predicted octanol–water partition coefficient (Wildman–Crippen LogP) is 5.28. The number of aliphatic hydroxyl groups excluding tert-OH is 1. The van der Waals surface area contributed by atoms with Crippen LogP contribution in [-0.4, -0.2) is 22.8 Å². The number of hydrogen-bond donors (Lipinski definition) is 1. The molecule has 0 bridgehead atoms. The van der Waals surface area contributed by atoms with Gasteiger partial charge in [-0.3, -0.25) is 4.89 Å². The highest BCUT2D eigenvalue weighted by atomic mass is 17.2. The number of carbonyl (C=O) groups is 1. The van der Waals surface area contributed by atoms with Gasteiger partial charge in [0.25, 0.3) is 0 Å². The molecule has 0 radical (unpaired) electrons. The standard InChI is InChI=1S/C20H40O4/c1-15(21)14-20(8,9)16(12-10-11-13-18(2,3)4)17(22)23-24-19(5,6)7/h15-16,21H,10-14H2,1-9H3. The highest BCUT2D eigenvalue weighted by molar-refractivity contribution is 5.72. The topological polar surface area (TPSA) is 55.8 Å². The Morgan fingerprint density at radius 3 is 1.96 bits per heavy atom. The lowest BCUT2D eigenvalue weighted by Crippen LogP contribution is -2.36. The zero-order valence-corrected chi connectivity index (χ0v) is 17.4. The van der Waals surface area contributed by atoms with Crippen molar-refractivity contribution in [2.24, 2.45) is 16.7 Å². The van der Waals surface area contributed by atoms with Gasteiger partial charge in [-0.2, -0.15) is 4.89 Å². The molecule has 0 aromatic heterocycles. The molecule has 2 atom stereocenters. The molecule has 24 heavy (non-hydrogen) atoms. The van der Waals surface area contributed by atoms with E-state index in [1.807, 2.05) is 34.6 Å². The van der Waals surface area contributed by atoms with Gasteiger partial charge in [-0.15, -0.1) is 0 Å². The Kier molecular flexibility index (Phi) is 8.95. The van der Waals surface area contributed by atoms with E-state index < -0.39 is 11.7 Å². The first-order valence-electron chi connectivity index (χ1n) is 9.22. The summed E-state index contributed by atoms with van der Waals surface area (Å²) in [5, 5.41) is 9.77. The molecular formula is C20H40O4. The molecule has 0 saturated carbocycles. The molecule has 0 aromatic carbocycles. The average Bonchev–Trinajstić information content (AvgIpc) is 2.31. The van der Waals surface area contributed by atoms with Crippen molar-refractivity contribution < 1.29 is 19.7 Å². The second kappa shape index (κ2) is 9.19. The van der Waals surface area contributed by atoms with E-state index in [1.165, 1.54) is 0 Å². The summed E-state index contributed by atoms with van der Waals surface area (Å²) < 4.78 is 0. The first-order valence-corrected chi connectivity index (χ1v) is 9.22. The Bertz CT molecular complexity index is 372. The SMILES string of the molecule is CC(O)CC(C)(C)C(CCCCC(C)(C)C)C(=O)OOC(C)(C)C. The summed E-state index contributed by atoms with van der Waals surface area (Å²) in [5.74, 6) is -0.610. The van der Waals surface area contributed by atoms with Crippen molar-refractivity contribution in [2.75, 3.05) is 0 Å². The van der Waals surface area contributed by atoms with Crippen LogP contribution in [0.3, 0.4) is 0 Å². The molecule has 0 aliphatic carbocycles. The Labute approximate surface area is 149 Å². The zero-order chi connectivity index (χ0) is 19.2. The normalized spacial score (nSPS) is 15.9. The largest absolute Gasteiger partial charge is 0.393 e. The van der Waals surface area contributed by atoms with Crippen molar-refractivity contribution >= 4 is 5.97 Å². The highest BCUT2D eigenvalue weighted by Gasteiger charge is 2.38. The predicted molar refractivity (Wildman–Crippen MR) is 98.4 cm³/mol. The zero-order valence-electron chi connectivity index (χ0n) is 17.4. The highest BCUT2D eigenvalue weighted by Crippen LogP contribution is 2.37. The van der Waals surface area contributed by atoms with Crippen molar-refractivity contribution in [3.05, 3.63) is 0 Å². The van der Waals surface area contributed by atoms with Crippen LogP contribution >= 0.6 is 0 Å². The molecule has 4 heteroatoms. The first-order chi connectivity index (χ1) is 10.6. The molecule has 2 unspecified atom stereocenters. The van der Waals surface area contributed by atoms with Gasteiger partial charge >= 0.3 is 5.97 Å². The molecule has 0 spiro atoms. The fourth-order valence-corrected chi connectivity index (χ4v) is 2.96. The lowest BCUT2D eigenvalue weighted by Gasteiger charge is -2.34. The van der Waals surface area contributed by atoms with E-state index in [-0.39, 0.29) is 17.3 Å². The van der Waals surface area contributed by atoms with Gasteiger partial charge in [0.2, 0.25) is 0 Å². The minimum atomic E-state index is -0.527. The van der Waals surface area contributed by atoms with Crippen molar-refractivity contribution in [3.8, 4) is 0 Å². The minimum Gasteiger partial charge on any atom is -0.393 e. The van der Waals surface area contributed by atoms with Crippen molar-refractivity contribution in [1.29, 1.82) is 0 Å². The molecule has 0 rings (SSSR count). The van der Waals surface area contributed by atoms with Gasteiger partial charge in [0.15, 0.2) is 0 Å². The molecule has 1 N–H and O–H groups in total. The van der Waals surface area contributed by atoms with Gasteiger partial charge < -0.3 is 5.11 Å². The monoisotopic (exact) mass is 344 g/mol. The third-order valence-electron chi connectivity index (χ3n) is 4.09. The van der Waals surface area contributed by atoms with E-state index in [0.29, 0.717) is 11.8 Å². The third-order valence-corrected chi connectivity index (χ3v) is 4.09. The lowest BCUT2D eigenvalue weighted by atomic mass is 9.72. The number of rotatable bonds is 9. The smallest absolute Gasteiger partial charge is 0.345 e. The van der Waals surface area contributed by atoms with Crippen LogP contribution in [0.5, 0.6) is 0 Å². The first kappa shape index (κ1) is 23.4. The maximum atomic E-state index is 12.6. The van der Waals surface area contributed by atoms with Gasteiger partial charge in [0.1, 0.15) is 5.60 Å². The molecule has 0 heterocycles. The van der Waals surface area contributed by atoms with Crippen LogP contribution < -0.4 is 0 Å².